The number of phenolic OH excluding ortho intramolecular Hbond substituents is 8. The Kier molecular flexibility index (Phi) is 6.21. The van der Waals surface area contributed by atoms with E-state index in [2.05, 4.69) is 0 Å². The molecule has 0 atom stereocenters. The van der Waals surface area contributed by atoms with Crippen LogP contribution in [0.15, 0.2) is 114 Å². The van der Waals surface area contributed by atoms with E-state index in [0.29, 0.717) is 27.7 Å². The van der Waals surface area contributed by atoms with Gasteiger partial charge in [0.15, 0.2) is 23.0 Å². The van der Waals surface area contributed by atoms with E-state index in [1.807, 2.05) is 66.7 Å². The molecule has 1 heterocycles. The molecule has 0 aliphatic heterocycles. The standard InChI is InChI=1S/C42H26O9/c43-35-31-29(21-12-10-20(11-13-21)19-6-2-1-3-7-19)32-34(38(46)42(50)40(48)36(32)44)30(33(31)37(45)41(49)39(35)47)24-14-15-27-25(17-24)26-16-22-8-4-5-9-23(22)18-28(26)51-27/h1-18,43-50H. The number of rotatable bonds is 3. The number of benzene rings is 8. The van der Waals surface area contributed by atoms with Gasteiger partial charge in [-0.2, -0.15) is 0 Å². The molecular weight excluding hydrogens is 648 g/mol. The van der Waals surface area contributed by atoms with E-state index in [1.54, 1.807) is 42.5 Å². The number of hydrogen-bond donors (Lipinski definition) is 8. The van der Waals surface area contributed by atoms with Gasteiger partial charge < -0.3 is 45.3 Å². The second kappa shape index (κ2) is 10.6. The van der Waals surface area contributed by atoms with Gasteiger partial charge in [-0.1, -0.05) is 84.9 Å². The van der Waals surface area contributed by atoms with Crippen LogP contribution >= 0.6 is 0 Å². The average molecular weight is 675 g/mol. The van der Waals surface area contributed by atoms with Crippen molar-refractivity contribution in [2.75, 3.05) is 0 Å². The van der Waals surface area contributed by atoms with E-state index < -0.39 is 46.0 Å². The maximum Gasteiger partial charge on any atom is 0.204 e. The van der Waals surface area contributed by atoms with Crippen LogP contribution in [0, 0.1) is 0 Å². The lowest BCUT2D eigenvalue weighted by atomic mass is 9.83. The first kappa shape index (κ1) is 29.8. The summed E-state index contributed by atoms with van der Waals surface area (Å²) in [7, 11) is 0. The van der Waals surface area contributed by atoms with Gasteiger partial charge in [-0.3, -0.25) is 0 Å². The highest BCUT2D eigenvalue weighted by molar-refractivity contribution is 6.29. The summed E-state index contributed by atoms with van der Waals surface area (Å²) in [5.74, 6) is -7.46. The van der Waals surface area contributed by atoms with Crippen molar-refractivity contribution in [2.45, 2.75) is 0 Å². The second-order valence-corrected chi connectivity index (χ2v) is 12.5. The first-order chi connectivity index (χ1) is 24.6. The Bertz CT molecular complexity index is 2850. The molecule has 8 N–H and O–H groups in total. The molecule has 9 rings (SSSR count). The molecule has 0 spiro atoms. The van der Waals surface area contributed by atoms with Gasteiger partial charge in [-0.25, -0.2) is 0 Å². The van der Waals surface area contributed by atoms with E-state index in [1.165, 1.54) is 0 Å². The van der Waals surface area contributed by atoms with Crippen LogP contribution in [0.1, 0.15) is 0 Å². The summed E-state index contributed by atoms with van der Waals surface area (Å²) in [6.45, 7) is 0. The zero-order chi connectivity index (χ0) is 35.3. The Labute approximate surface area is 287 Å². The summed E-state index contributed by atoms with van der Waals surface area (Å²) in [4.78, 5) is 0. The van der Waals surface area contributed by atoms with Crippen molar-refractivity contribution in [2.24, 2.45) is 0 Å². The molecule has 248 valence electrons. The normalized spacial score (nSPS) is 11.8. The average Bonchev–Trinajstić information content (AvgIpc) is 3.52. The molecule has 0 aliphatic rings. The van der Waals surface area contributed by atoms with Crippen molar-refractivity contribution < 1.29 is 45.3 Å². The van der Waals surface area contributed by atoms with Crippen molar-refractivity contribution in [3.8, 4) is 79.4 Å². The van der Waals surface area contributed by atoms with Crippen molar-refractivity contribution in [1.82, 2.24) is 0 Å². The van der Waals surface area contributed by atoms with Gasteiger partial charge in [-0.05, 0) is 57.3 Å². The molecule has 0 amide bonds. The zero-order valence-electron chi connectivity index (χ0n) is 26.4. The van der Waals surface area contributed by atoms with Crippen molar-refractivity contribution in [1.29, 1.82) is 0 Å². The van der Waals surface area contributed by atoms with Crippen LogP contribution in [0.4, 0.5) is 0 Å². The number of furan rings is 1. The molecule has 8 aromatic carbocycles. The van der Waals surface area contributed by atoms with E-state index in [-0.39, 0.29) is 32.7 Å². The maximum absolute atomic E-state index is 11.6. The highest BCUT2D eigenvalue weighted by Crippen LogP contribution is 2.62. The minimum absolute atomic E-state index is 0.0177. The predicted molar refractivity (Wildman–Crippen MR) is 196 cm³/mol. The zero-order valence-corrected chi connectivity index (χ0v) is 26.4. The fourth-order valence-corrected chi connectivity index (χ4v) is 7.27. The fraction of sp³-hybridized carbons (Fsp3) is 0. The largest absolute Gasteiger partial charge is 0.504 e. The van der Waals surface area contributed by atoms with Gasteiger partial charge in [-0.15, -0.1) is 0 Å². The SMILES string of the molecule is Oc1c(O)c(O)c2c(-c3ccc4oc5cc6ccccc6cc5c4c3)c3c(O)c(O)c(O)c(O)c3c(-c3ccc(-c4ccccc4)cc3)c2c1O. The summed E-state index contributed by atoms with van der Waals surface area (Å²) in [5, 5.41) is 92.2. The predicted octanol–water partition coefficient (Wildman–Crippen LogP) is 9.69. The van der Waals surface area contributed by atoms with Crippen LogP contribution in [0.5, 0.6) is 46.0 Å². The lowest BCUT2D eigenvalue weighted by Crippen LogP contribution is -1.94. The Morgan fingerprint density at radius 1 is 0.314 bits per heavy atom. The van der Waals surface area contributed by atoms with Crippen LogP contribution in [0.25, 0.3) is 87.6 Å². The summed E-state index contributed by atoms with van der Waals surface area (Å²) in [5.41, 5.74) is 3.46. The van der Waals surface area contributed by atoms with Gasteiger partial charge in [0.25, 0.3) is 0 Å². The lowest BCUT2D eigenvalue weighted by molar-refractivity contribution is 0.350. The quantitative estimate of drug-likeness (QED) is 0.0515. The van der Waals surface area contributed by atoms with Gasteiger partial charge in [0.1, 0.15) is 11.2 Å². The number of aromatic hydroxyl groups is 8. The Morgan fingerprint density at radius 3 is 1.27 bits per heavy atom. The van der Waals surface area contributed by atoms with E-state index in [9.17, 15) is 40.9 Å². The fourth-order valence-electron chi connectivity index (χ4n) is 7.27. The van der Waals surface area contributed by atoms with Crippen LogP contribution in [-0.2, 0) is 0 Å². The molecule has 1 aromatic heterocycles. The second-order valence-electron chi connectivity index (χ2n) is 12.5. The molecule has 0 saturated carbocycles. The molecule has 0 radical (unpaired) electrons. The van der Waals surface area contributed by atoms with Gasteiger partial charge >= 0.3 is 0 Å². The minimum atomic E-state index is -1.03. The molecule has 9 heteroatoms. The summed E-state index contributed by atoms with van der Waals surface area (Å²) in [6.07, 6.45) is 0. The molecule has 0 saturated heterocycles. The lowest BCUT2D eigenvalue weighted by Gasteiger charge is -2.22. The summed E-state index contributed by atoms with van der Waals surface area (Å²) < 4.78 is 6.18. The molecule has 0 fully saturated rings. The maximum atomic E-state index is 11.6. The van der Waals surface area contributed by atoms with Crippen LogP contribution in [-0.4, -0.2) is 40.9 Å². The van der Waals surface area contributed by atoms with E-state index in [4.69, 9.17) is 4.42 Å². The number of hydrogen-bond acceptors (Lipinski definition) is 9. The molecular formula is C42H26O9. The third-order valence-electron chi connectivity index (χ3n) is 9.70. The highest BCUT2D eigenvalue weighted by Gasteiger charge is 2.32. The molecule has 0 unspecified atom stereocenters. The Morgan fingerprint density at radius 2 is 0.725 bits per heavy atom. The first-order valence-corrected chi connectivity index (χ1v) is 15.9. The molecule has 0 aliphatic carbocycles. The summed E-state index contributed by atoms with van der Waals surface area (Å²) in [6, 6.07) is 33.1. The molecule has 0 bridgehead atoms. The third kappa shape index (κ3) is 4.15. The van der Waals surface area contributed by atoms with Crippen molar-refractivity contribution >= 4 is 54.3 Å². The number of fused-ring (bicyclic) bond motifs is 6. The molecule has 9 aromatic rings. The van der Waals surface area contributed by atoms with E-state index >= 15 is 0 Å². The van der Waals surface area contributed by atoms with Crippen LogP contribution in [0.3, 0.4) is 0 Å². The van der Waals surface area contributed by atoms with Crippen LogP contribution < -0.4 is 0 Å². The topological polar surface area (TPSA) is 175 Å². The van der Waals surface area contributed by atoms with Crippen LogP contribution in [0.2, 0.25) is 0 Å². The van der Waals surface area contributed by atoms with Gasteiger partial charge in [0.05, 0.1) is 0 Å². The molecule has 9 nitrogen and oxygen atoms in total. The Hall–Kier alpha value is -7.26. The van der Waals surface area contributed by atoms with Crippen molar-refractivity contribution in [3.05, 3.63) is 109 Å². The number of phenols is 8. The third-order valence-corrected chi connectivity index (χ3v) is 9.70. The van der Waals surface area contributed by atoms with E-state index in [0.717, 1.165) is 27.3 Å². The Balaban J connectivity index is 1.45. The monoisotopic (exact) mass is 674 g/mol. The minimum Gasteiger partial charge on any atom is -0.504 e. The smallest absolute Gasteiger partial charge is 0.204 e. The highest BCUT2D eigenvalue weighted by atomic mass is 16.4. The molecule has 51 heavy (non-hydrogen) atoms. The van der Waals surface area contributed by atoms with Gasteiger partial charge in [0, 0.05) is 43.4 Å². The van der Waals surface area contributed by atoms with Crippen molar-refractivity contribution in [3.63, 3.8) is 0 Å². The summed E-state index contributed by atoms with van der Waals surface area (Å²) >= 11 is 0. The van der Waals surface area contributed by atoms with Gasteiger partial charge in [0.2, 0.25) is 23.0 Å². The first-order valence-electron chi connectivity index (χ1n) is 15.9.